The van der Waals surface area contributed by atoms with Crippen molar-refractivity contribution in [2.75, 3.05) is 5.32 Å². The molecule has 0 spiro atoms. The zero-order chi connectivity index (χ0) is 14.8. The summed E-state index contributed by atoms with van der Waals surface area (Å²) in [6.45, 7) is 5.07. The molecular weight excluding hydrogens is 280 g/mol. The van der Waals surface area contributed by atoms with Crippen LogP contribution in [-0.4, -0.2) is 16.7 Å². The van der Waals surface area contributed by atoms with Gasteiger partial charge in [0, 0.05) is 11.1 Å². The van der Waals surface area contributed by atoms with E-state index in [4.69, 9.17) is 20.9 Å². The number of nitrogens with one attached hydrogen (secondary N) is 1. The summed E-state index contributed by atoms with van der Waals surface area (Å²) >= 11 is 5.88. The summed E-state index contributed by atoms with van der Waals surface area (Å²) in [5.74, 6) is 1.17. The third-order valence-electron chi connectivity index (χ3n) is 2.59. The lowest BCUT2D eigenvalue weighted by Gasteiger charge is -2.24. The van der Waals surface area contributed by atoms with Crippen molar-refractivity contribution in [2.45, 2.75) is 26.4 Å². The number of amides is 1. The Labute approximate surface area is 121 Å². The van der Waals surface area contributed by atoms with Gasteiger partial charge in [0.25, 0.3) is 5.91 Å². The molecule has 1 aromatic heterocycles. The van der Waals surface area contributed by atoms with E-state index in [0.29, 0.717) is 22.4 Å². The van der Waals surface area contributed by atoms with Crippen molar-refractivity contribution in [3.8, 4) is 5.75 Å². The number of rotatable bonds is 4. The van der Waals surface area contributed by atoms with Crippen LogP contribution in [0.1, 0.15) is 19.6 Å². The van der Waals surface area contributed by atoms with Crippen LogP contribution in [0.15, 0.2) is 34.9 Å². The number of ether oxygens (including phenoxy) is 1. The third-order valence-corrected chi connectivity index (χ3v) is 2.82. The van der Waals surface area contributed by atoms with E-state index in [1.54, 1.807) is 51.1 Å². The van der Waals surface area contributed by atoms with Crippen LogP contribution in [0, 0.1) is 6.92 Å². The van der Waals surface area contributed by atoms with Gasteiger partial charge in [-0.2, -0.15) is 0 Å². The van der Waals surface area contributed by atoms with E-state index in [-0.39, 0.29) is 5.91 Å². The zero-order valence-corrected chi connectivity index (χ0v) is 12.2. The molecule has 1 heterocycles. The van der Waals surface area contributed by atoms with Crippen molar-refractivity contribution < 1.29 is 14.1 Å². The topological polar surface area (TPSA) is 64.4 Å². The van der Waals surface area contributed by atoms with Gasteiger partial charge in [0.05, 0.1) is 0 Å². The van der Waals surface area contributed by atoms with Gasteiger partial charge in [-0.25, -0.2) is 0 Å². The first-order valence-corrected chi connectivity index (χ1v) is 6.44. The molecule has 106 valence electrons. The highest BCUT2D eigenvalue weighted by Crippen LogP contribution is 2.23. The van der Waals surface area contributed by atoms with Crippen molar-refractivity contribution in [1.29, 1.82) is 0 Å². The van der Waals surface area contributed by atoms with Gasteiger partial charge < -0.3 is 14.6 Å². The van der Waals surface area contributed by atoms with Gasteiger partial charge in [-0.1, -0.05) is 22.8 Å². The number of hydrogen-bond acceptors (Lipinski definition) is 4. The maximum atomic E-state index is 12.2. The van der Waals surface area contributed by atoms with Crippen LogP contribution in [0.5, 0.6) is 5.75 Å². The Hall–Kier alpha value is -2.01. The number of halogens is 1. The number of carbonyl (C=O) groups is 1. The molecule has 5 nitrogen and oxygen atoms in total. The highest BCUT2D eigenvalue weighted by atomic mass is 35.5. The van der Waals surface area contributed by atoms with Crippen molar-refractivity contribution >= 4 is 23.3 Å². The third kappa shape index (κ3) is 3.51. The highest BCUT2D eigenvalue weighted by Gasteiger charge is 2.30. The predicted octanol–water partition coefficient (Wildman–Crippen LogP) is 3.43. The van der Waals surface area contributed by atoms with Crippen LogP contribution in [-0.2, 0) is 4.79 Å². The fourth-order valence-electron chi connectivity index (χ4n) is 1.56. The van der Waals surface area contributed by atoms with E-state index >= 15 is 0 Å². The minimum Gasteiger partial charge on any atom is -0.478 e. The SMILES string of the molecule is Cc1cc(NC(=O)C(C)(C)Oc2cccc(Cl)c2)no1. The summed E-state index contributed by atoms with van der Waals surface area (Å²) in [4.78, 5) is 12.2. The number of aryl methyl sites for hydroxylation is 1. The summed E-state index contributed by atoms with van der Waals surface area (Å²) < 4.78 is 10.6. The molecule has 6 heteroatoms. The Morgan fingerprint density at radius 3 is 2.75 bits per heavy atom. The van der Waals surface area contributed by atoms with E-state index in [2.05, 4.69) is 10.5 Å². The molecule has 0 unspecified atom stereocenters. The monoisotopic (exact) mass is 294 g/mol. The summed E-state index contributed by atoms with van der Waals surface area (Å²) in [6.07, 6.45) is 0. The average Bonchev–Trinajstić information content (AvgIpc) is 2.74. The summed E-state index contributed by atoms with van der Waals surface area (Å²) in [6, 6.07) is 8.51. The van der Waals surface area contributed by atoms with Crippen LogP contribution in [0.25, 0.3) is 0 Å². The lowest BCUT2D eigenvalue weighted by Crippen LogP contribution is -2.42. The van der Waals surface area contributed by atoms with Crippen LogP contribution < -0.4 is 10.1 Å². The van der Waals surface area contributed by atoms with Crippen molar-refractivity contribution in [3.63, 3.8) is 0 Å². The molecule has 1 N–H and O–H groups in total. The maximum Gasteiger partial charge on any atom is 0.269 e. The first-order valence-electron chi connectivity index (χ1n) is 6.06. The van der Waals surface area contributed by atoms with Crippen LogP contribution in [0.2, 0.25) is 5.02 Å². The van der Waals surface area contributed by atoms with E-state index in [0.717, 1.165) is 0 Å². The molecule has 20 heavy (non-hydrogen) atoms. The first kappa shape index (κ1) is 14.4. The average molecular weight is 295 g/mol. The minimum absolute atomic E-state index is 0.328. The molecule has 0 atom stereocenters. The minimum atomic E-state index is -1.07. The van der Waals surface area contributed by atoms with Gasteiger partial charge in [0.15, 0.2) is 11.4 Å². The number of carbonyl (C=O) groups excluding carboxylic acids is 1. The largest absolute Gasteiger partial charge is 0.478 e. The Morgan fingerprint density at radius 1 is 1.40 bits per heavy atom. The quantitative estimate of drug-likeness (QED) is 0.938. The molecule has 0 radical (unpaired) electrons. The molecule has 1 aromatic carbocycles. The van der Waals surface area contributed by atoms with Crippen molar-refractivity contribution in [2.24, 2.45) is 0 Å². The number of aromatic nitrogens is 1. The molecule has 0 aliphatic heterocycles. The number of anilines is 1. The Bertz CT molecular complexity index is 622. The molecule has 2 aromatic rings. The van der Waals surface area contributed by atoms with Crippen LogP contribution >= 0.6 is 11.6 Å². The molecular formula is C14H15ClN2O3. The van der Waals surface area contributed by atoms with Crippen molar-refractivity contribution in [1.82, 2.24) is 5.16 Å². The summed E-state index contributed by atoms with van der Waals surface area (Å²) in [7, 11) is 0. The van der Waals surface area contributed by atoms with E-state index in [1.807, 2.05) is 0 Å². The van der Waals surface area contributed by atoms with E-state index in [1.165, 1.54) is 0 Å². The number of benzene rings is 1. The van der Waals surface area contributed by atoms with Gasteiger partial charge >= 0.3 is 0 Å². The van der Waals surface area contributed by atoms with Gasteiger partial charge in [0.1, 0.15) is 11.5 Å². The molecule has 0 bridgehead atoms. The second-order valence-corrected chi connectivity index (χ2v) is 5.28. The second-order valence-electron chi connectivity index (χ2n) is 4.85. The maximum absolute atomic E-state index is 12.2. The summed E-state index contributed by atoms with van der Waals surface area (Å²) in [5.41, 5.74) is -1.07. The standard InChI is InChI=1S/C14H15ClN2O3/c1-9-7-12(17-20-9)16-13(18)14(2,3)19-11-6-4-5-10(15)8-11/h4-8H,1-3H3,(H,16,17,18). The fourth-order valence-corrected chi connectivity index (χ4v) is 1.74. The zero-order valence-electron chi connectivity index (χ0n) is 11.4. The first-order chi connectivity index (χ1) is 9.37. The van der Waals surface area contributed by atoms with E-state index < -0.39 is 5.60 Å². The molecule has 0 fully saturated rings. The molecule has 2 rings (SSSR count). The molecule has 0 aliphatic carbocycles. The van der Waals surface area contributed by atoms with E-state index in [9.17, 15) is 4.79 Å². The van der Waals surface area contributed by atoms with Gasteiger partial charge in [-0.15, -0.1) is 0 Å². The Kier molecular flexibility index (Phi) is 3.99. The number of nitrogens with zero attached hydrogens (tertiary/aromatic N) is 1. The lowest BCUT2D eigenvalue weighted by atomic mass is 10.1. The second kappa shape index (κ2) is 5.54. The Balaban J connectivity index is 2.07. The highest BCUT2D eigenvalue weighted by molar-refractivity contribution is 6.30. The summed E-state index contributed by atoms with van der Waals surface area (Å²) in [5, 5.41) is 6.89. The normalized spacial score (nSPS) is 11.2. The molecule has 0 aliphatic rings. The van der Waals surface area contributed by atoms with Crippen LogP contribution in [0.4, 0.5) is 5.82 Å². The Morgan fingerprint density at radius 2 is 2.15 bits per heavy atom. The van der Waals surface area contributed by atoms with Crippen LogP contribution in [0.3, 0.4) is 0 Å². The van der Waals surface area contributed by atoms with Gasteiger partial charge in [-0.05, 0) is 39.0 Å². The lowest BCUT2D eigenvalue weighted by molar-refractivity contribution is -0.128. The number of hydrogen-bond donors (Lipinski definition) is 1. The van der Waals surface area contributed by atoms with Gasteiger partial charge in [0.2, 0.25) is 0 Å². The molecule has 1 amide bonds. The smallest absolute Gasteiger partial charge is 0.269 e. The fraction of sp³-hybridized carbons (Fsp3) is 0.286. The molecule has 0 saturated carbocycles. The predicted molar refractivity (Wildman–Crippen MR) is 76.0 cm³/mol. The van der Waals surface area contributed by atoms with Crippen molar-refractivity contribution in [3.05, 3.63) is 41.1 Å². The van der Waals surface area contributed by atoms with Gasteiger partial charge in [-0.3, -0.25) is 4.79 Å². The molecule has 0 saturated heterocycles.